The second-order valence-electron chi connectivity index (χ2n) is 4.03. The number of benzene rings is 2. The Kier molecular flexibility index (Phi) is 4.40. The van der Waals surface area contributed by atoms with Crippen molar-refractivity contribution in [3.8, 4) is 11.8 Å². The van der Waals surface area contributed by atoms with Gasteiger partial charge in [-0.3, -0.25) is 0 Å². The van der Waals surface area contributed by atoms with Crippen LogP contribution in [0.2, 0.25) is 5.02 Å². The molecule has 2 aromatic rings. The Morgan fingerprint density at radius 2 is 1.89 bits per heavy atom. The lowest BCUT2D eigenvalue weighted by molar-refractivity contribution is 0.303. The topological polar surface area (TPSA) is 59.0 Å². The van der Waals surface area contributed by atoms with Crippen LogP contribution in [-0.4, -0.2) is 0 Å². The Bertz CT molecular complexity index is 603. The Balaban J connectivity index is 2.12. The van der Waals surface area contributed by atoms with Gasteiger partial charge in [-0.1, -0.05) is 35.9 Å². The van der Waals surface area contributed by atoms with Crippen LogP contribution < -0.4 is 10.5 Å². The van der Waals surface area contributed by atoms with Gasteiger partial charge in [0.1, 0.15) is 12.4 Å². The zero-order valence-corrected chi connectivity index (χ0v) is 11.0. The van der Waals surface area contributed by atoms with Crippen LogP contribution in [0.3, 0.4) is 0 Å². The predicted molar refractivity (Wildman–Crippen MR) is 74.8 cm³/mol. The van der Waals surface area contributed by atoms with Gasteiger partial charge >= 0.3 is 0 Å². The van der Waals surface area contributed by atoms with Crippen LogP contribution in [0.5, 0.6) is 5.75 Å². The molecule has 0 aromatic heterocycles. The molecule has 0 aliphatic carbocycles. The highest BCUT2D eigenvalue weighted by Crippen LogP contribution is 2.29. The molecule has 2 rings (SSSR count). The predicted octanol–water partition coefficient (Wildman–Crippen LogP) is 3.25. The van der Waals surface area contributed by atoms with Gasteiger partial charge in [-0.2, -0.15) is 5.26 Å². The van der Waals surface area contributed by atoms with Gasteiger partial charge in [0.2, 0.25) is 0 Å². The molecule has 3 nitrogen and oxygen atoms in total. The molecule has 19 heavy (non-hydrogen) atoms. The molecule has 0 amide bonds. The highest BCUT2D eigenvalue weighted by molar-refractivity contribution is 6.32. The molecule has 0 unspecified atom stereocenters. The number of rotatable bonds is 4. The SMILES string of the molecule is N#Cc1ccc(COc2c(Cl)cccc2CN)cc1. The zero-order valence-electron chi connectivity index (χ0n) is 10.3. The van der Waals surface area contributed by atoms with Gasteiger partial charge in [0, 0.05) is 12.1 Å². The summed E-state index contributed by atoms with van der Waals surface area (Å²) in [5.74, 6) is 0.621. The van der Waals surface area contributed by atoms with E-state index >= 15 is 0 Å². The summed E-state index contributed by atoms with van der Waals surface area (Å²) in [5, 5.41) is 9.28. The van der Waals surface area contributed by atoms with Gasteiger partial charge in [-0.15, -0.1) is 0 Å². The van der Waals surface area contributed by atoms with Gasteiger partial charge in [0.25, 0.3) is 0 Å². The highest BCUT2D eigenvalue weighted by atomic mass is 35.5. The summed E-state index contributed by atoms with van der Waals surface area (Å²) in [6.07, 6.45) is 0. The number of hydrogen-bond acceptors (Lipinski definition) is 3. The van der Waals surface area contributed by atoms with E-state index in [0.717, 1.165) is 11.1 Å². The van der Waals surface area contributed by atoms with Crippen molar-refractivity contribution in [2.75, 3.05) is 0 Å². The molecule has 0 bridgehead atoms. The molecule has 0 saturated carbocycles. The Labute approximate surface area is 117 Å². The van der Waals surface area contributed by atoms with Crippen LogP contribution in [-0.2, 0) is 13.2 Å². The lowest BCUT2D eigenvalue weighted by Gasteiger charge is -2.12. The van der Waals surface area contributed by atoms with E-state index < -0.39 is 0 Å². The van der Waals surface area contributed by atoms with Crippen molar-refractivity contribution >= 4 is 11.6 Å². The maximum atomic E-state index is 8.73. The summed E-state index contributed by atoms with van der Waals surface area (Å²) in [6, 6.07) is 14.8. The van der Waals surface area contributed by atoms with Crippen molar-refractivity contribution < 1.29 is 4.74 Å². The van der Waals surface area contributed by atoms with Crippen molar-refractivity contribution in [2.45, 2.75) is 13.2 Å². The first-order chi connectivity index (χ1) is 9.24. The van der Waals surface area contributed by atoms with Gasteiger partial charge < -0.3 is 10.5 Å². The molecule has 0 spiro atoms. The van der Waals surface area contributed by atoms with E-state index in [1.807, 2.05) is 24.3 Å². The monoisotopic (exact) mass is 272 g/mol. The summed E-state index contributed by atoms with van der Waals surface area (Å²) in [7, 11) is 0. The Morgan fingerprint density at radius 1 is 1.16 bits per heavy atom. The number of hydrogen-bond donors (Lipinski definition) is 1. The molecule has 0 atom stereocenters. The minimum absolute atomic E-state index is 0.378. The van der Waals surface area contributed by atoms with Crippen LogP contribution >= 0.6 is 11.6 Å². The van der Waals surface area contributed by atoms with Crippen LogP contribution in [0.25, 0.3) is 0 Å². The average molecular weight is 273 g/mol. The smallest absolute Gasteiger partial charge is 0.142 e. The summed E-state index contributed by atoms with van der Waals surface area (Å²) in [6.45, 7) is 0.770. The van der Waals surface area contributed by atoms with Crippen molar-refractivity contribution in [3.05, 3.63) is 64.2 Å². The minimum Gasteiger partial charge on any atom is -0.487 e. The lowest BCUT2D eigenvalue weighted by Crippen LogP contribution is -2.03. The molecular formula is C15H13ClN2O. The number of halogens is 1. The van der Waals surface area contributed by atoms with Crippen molar-refractivity contribution in [1.29, 1.82) is 5.26 Å². The largest absolute Gasteiger partial charge is 0.487 e. The van der Waals surface area contributed by atoms with Crippen LogP contribution in [0.4, 0.5) is 0 Å². The molecule has 0 radical (unpaired) electrons. The molecule has 0 aliphatic heterocycles. The molecule has 2 aromatic carbocycles. The zero-order chi connectivity index (χ0) is 13.7. The Morgan fingerprint density at radius 3 is 2.53 bits per heavy atom. The maximum Gasteiger partial charge on any atom is 0.142 e. The molecule has 4 heteroatoms. The van der Waals surface area contributed by atoms with Gasteiger partial charge in [-0.25, -0.2) is 0 Å². The third-order valence-electron chi connectivity index (χ3n) is 2.73. The standard InChI is InChI=1S/C15H13ClN2O/c16-14-3-1-2-13(9-18)15(14)19-10-12-6-4-11(8-17)5-7-12/h1-7H,9-10,18H2. The van der Waals surface area contributed by atoms with E-state index in [9.17, 15) is 0 Å². The minimum atomic E-state index is 0.378. The second kappa shape index (κ2) is 6.24. The quantitative estimate of drug-likeness (QED) is 0.929. The van der Waals surface area contributed by atoms with E-state index in [4.69, 9.17) is 27.3 Å². The van der Waals surface area contributed by atoms with Gasteiger partial charge in [0.15, 0.2) is 0 Å². The fourth-order valence-electron chi connectivity index (χ4n) is 1.71. The first-order valence-corrected chi connectivity index (χ1v) is 6.21. The maximum absolute atomic E-state index is 8.73. The van der Waals surface area contributed by atoms with Gasteiger partial charge in [0.05, 0.1) is 16.7 Å². The van der Waals surface area contributed by atoms with Crippen molar-refractivity contribution in [1.82, 2.24) is 0 Å². The van der Waals surface area contributed by atoms with E-state index in [2.05, 4.69) is 6.07 Å². The third kappa shape index (κ3) is 3.25. The first-order valence-electron chi connectivity index (χ1n) is 5.84. The summed E-state index contributed by atoms with van der Waals surface area (Å²) < 4.78 is 5.72. The molecule has 96 valence electrons. The summed E-state index contributed by atoms with van der Waals surface area (Å²) in [4.78, 5) is 0. The van der Waals surface area contributed by atoms with Crippen LogP contribution in [0, 0.1) is 11.3 Å². The molecule has 0 heterocycles. The van der Waals surface area contributed by atoms with Crippen LogP contribution in [0.15, 0.2) is 42.5 Å². The lowest BCUT2D eigenvalue weighted by atomic mass is 10.1. The second-order valence-corrected chi connectivity index (χ2v) is 4.44. The number of ether oxygens (including phenoxy) is 1. The number of nitrogens with zero attached hydrogens (tertiary/aromatic N) is 1. The average Bonchev–Trinajstić information content (AvgIpc) is 2.46. The fourth-order valence-corrected chi connectivity index (χ4v) is 1.96. The van der Waals surface area contributed by atoms with E-state index in [0.29, 0.717) is 29.5 Å². The van der Waals surface area contributed by atoms with Gasteiger partial charge in [-0.05, 0) is 23.8 Å². The van der Waals surface area contributed by atoms with E-state index in [1.165, 1.54) is 0 Å². The number of nitrogens with two attached hydrogens (primary N) is 1. The molecule has 0 fully saturated rings. The van der Waals surface area contributed by atoms with Crippen LogP contribution in [0.1, 0.15) is 16.7 Å². The molecule has 0 aliphatic rings. The highest BCUT2D eigenvalue weighted by Gasteiger charge is 2.07. The molecule has 0 saturated heterocycles. The van der Waals surface area contributed by atoms with E-state index in [1.54, 1.807) is 18.2 Å². The van der Waals surface area contributed by atoms with E-state index in [-0.39, 0.29) is 0 Å². The number of para-hydroxylation sites is 1. The molecule has 2 N–H and O–H groups in total. The Hall–Kier alpha value is -2.02. The fraction of sp³-hybridized carbons (Fsp3) is 0.133. The first kappa shape index (κ1) is 13.4. The molecular weight excluding hydrogens is 260 g/mol. The summed E-state index contributed by atoms with van der Waals surface area (Å²) >= 11 is 6.10. The van der Waals surface area contributed by atoms with Crippen molar-refractivity contribution in [3.63, 3.8) is 0 Å². The van der Waals surface area contributed by atoms with Crippen molar-refractivity contribution in [2.24, 2.45) is 5.73 Å². The number of nitriles is 1. The normalized spacial score (nSPS) is 9.95. The summed E-state index contributed by atoms with van der Waals surface area (Å²) in [5.41, 5.74) is 8.13. The third-order valence-corrected chi connectivity index (χ3v) is 3.03.